The lowest BCUT2D eigenvalue weighted by molar-refractivity contribution is 0.402. The molecule has 0 saturated carbocycles. The normalized spacial score (nSPS) is 16.3. The van der Waals surface area contributed by atoms with Crippen LogP contribution >= 0.6 is 11.3 Å². The summed E-state index contributed by atoms with van der Waals surface area (Å²) in [5.41, 5.74) is 6.65. The first-order valence-corrected chi connectivity index (χ1v) is 14.7. The number of aromatic nitrogens is 1. The Hall–Kier alpha value is -4.74. The van der Waals surface area contributed by atoms with Crippen LogP contribution in [-0.4, -0.2) is 11.7 Å². The maximum absolute atomic E-state index is 14.4. The third-order valence-corrected chi connectivity index (χ3v) is 9.38. The lowest BCUT2D eigenvalue weighted by atomic mass is 9.83. The predicted octanol–water partition coefficient (Wildman–Crippen LogP) is 6.63. The average molecular weight is 551 g/mol. The van der Waals surface area contributed by atoms with Gasteiger partial charge < -0.3 is 4.74 Å². The summed E-state index contributed by atoms with van der Waals surface area (Å²) >= 11 is 1.47. The summed E-state index contributed by atoms with van der Waals surface area (Å²) in [5.74, 6) is 0.778. The van der Waals surface area contributed by atoms with Crippen LogP contribution in [0, 0.1) is 0 Å². The molecule has 198 valence electrons. The van der Waals surface area contributed by atoms with Crippen LogP contribution in [0.25, 0.3) is 33.3 Å². The standard InChI is InChI=1S/C36H26N2O2S/c1-40-31-17-9-8-16-28(31)34-29-19-18-22-10-2-7-15-27(22)33(29)37-36-38(34)35(39)32(41-36)21-30-25-13-5-3-11-23(25)20-24-12-4-6-14-26(24)30/h2-17,20-21,34H,18-19H2,1H3/b32-21-/t34-/m1/s1. The number of aryl methyl sites for hydroxylation is 1. The number of para-hydroxylation sites is 1. The monoisotopic (exact) mass is 550 g/mol. The molecule has 6 aromatic rings. The first-order chi connectivity index (χ1) is 20.2. The molecular weight excluding hydrogens is 524 g/mol. The second kappa shape index (κ2) is 9.43. The molecule has 2 aliphatic rings. The van der Waals surface area contributed by atoms with E-state index < -0.39 is 0 Å². The van der Waals surface area contributed by atoms with E-state index in [4.69, 9.17) is 9.73 Å². The largest absolute Gasteiger partial charge is 0.496 e. The van der Waals surface area contributed by atoms with Gasteiger partial charge in [0, 0.05) is 11.1 Å². The molecule has 5 heteroatoms. The van der Waals surface area contributed by atoms with E-state index in [0.717, 1.165) is 67.3 Å². The van der Waals surface area contributed by atoms with Gasteiger partial charge in [-0.25, -0.2) is 4.99 Å². The van der Waals surface area contributed by atoms with Gasteiger partial charge in [-0.1, -0.05) is 102 Å². The van der Waals surface area contributed by atoms with E-state index in [1.807, 2.05) is 22.8 Å². The molecule has 0 fully saturated rings. The average Bonchev–Trinajstić information content (AvgIpc) is 3.33. The van der Waals surface area contributed by atoms with Gasteiger partial charge in [-0.15, -0.1) is 0 Å². The van der Waals surface area contributed by atoms with Crippen molar-refractivity contribution in [1.82, 2.24) is 4.57 Å². The zero-order chi connectivity index (χ0) is 27.5. The Morgan fingerprint density at radius 2 is 1.54 bits per heavy atom. The van der Waals surface area contributed by atoms with Crippen LogP contribution in [0.5, 0.6) is 5.75 Å². The number of fused-ring (bicyclic) bond motifs is 5. The summed E-state index contributed by atoms with van der Waals surface area (Å²) in [4.78, 5) is 20.3. The molecule has 41 heavy (non-hydrogen) atoms. The molecule has 0 bridgehead atoms. The second-order valence-electron chi connectivity index (χ2n) is 10.6. The van der Waals surface area contributed by atoms with Gasteiger partial charge in [0.1, 0.15) is 5.75 Å². The van der Waals surface area contributed by atoms with Crippen LogP contribution in [0.3, 0.4) is 0 Å². The maximum Gasteiger partial charge on any atom is 0.271 e. The molecule has 1 aliphatic heterocycles. The van der Waals surface area contributed by atoms with Crippen molar-refractivity contribution in [3.63, 3.8) is 0 Å². The van der Waals surface area contributed by atoms with Crippen molar-refractivity contribution >= 4 is 44.7 Å². The topological polar surface area (TPSA) is 43.6 Å². The number of methoxy groups -OCH3 is 1. The zero-order valence-corrected chi connectivity index (χ0v) is 23.3. The van der Waals surface area contributed by atoms with E-state index >= 15 is 0 Å². The smallest absolute Gasteiger partial charge is 0.271 e. The van der Waals surface area contributed by atoms with E-state index in [-0.39, 0.29) is 11.6 Å². The van der Waals surface area contributed by atoms with Crippen molar-refractivity contribution in [3.05, 3.63) is 151 Å². The summed E-state index contributed by atoms with van der Waals surface area (Å²) in [6.07, 6.45) is 3.84. The highest BCUT2D eigenvalue weighted by atomic mass is 32.1. The Morgan fingerprint density at radius 3 is 2.32 bits per heavy atom. The van der Waals surface area contributed by atoms with Gasteiger partial charge in [0.2, 0.25) is 0 Å². The number of benzene rings is 5. The van der Waals surface area contributed by atoms with Gasteiger partial charge in [-0.05, 0) is 69.3 Å². The molecule has 8 rings (SSSR count). The molecule has 2 heterocycles. The highest BCUT2D eigenvalue weighted by molar-refractivity contribution is 7.07. The predicted molar refractivity (Wildman–Crippen MR) is 167 cm³/mol. The Labute approximate surface area is 240 Å². The Kier molecular flexibility index (Phi) is 5.54. The highest BCUT2D eigenvalue weighted by Crippen LogP contribution is 2.43. The lowest BCUT2D eigenvalue weighted by Crippen LogP contribution is -2.39. The van der Waals surface area contributed by atoms with Gasteiger partial charge in [-0.2, -0.15) is 0 Å². The second-order valence-corrected chi connectivity index (χ2v) is 11.6. The third kappa shape index (κ3) is 3.73. The molecule has 4 nitrogen and oxygen atoms in total. The maximum atomic E-state index is 14.4. The molecule has 0 saturated heterocycles. The number of thiazole rings is 1. The van der Waals surface area contributed by atoms with Crippen molar-refractivity contribution in [3.8, 4) is 5.75 Å². The Bertz CT molecular complexity index is 2180. The Balaban J connectivity index is 1.45. The van der Waals surface area contributed by atoms with E-state index in [2.05, 4.69) is 91.0 Å². The van der Waals surface area contributed by atoms with Crippen LogP contribution in [0.2, 0.25) is 0 Å². The zero-order valence-electron chi connectivity index (χ0n) is 22.5. The number of hydrogen-bond donors (Lipinski definition) is 0. The number of allylic oxidation sites excluding steroid dienone is 1. The fraction of sp³-hybridized carbons (Fsp3) is 0.111. The number of nitrogens with zero attached hydrogens (tertiary/aromatic N) is 2. The molecule has 1 atom stereocenters. The fourth-order valence-electron chi connectivity index (χ4n) is 6.53. The quantitative estimate of drug-likeness (QED) is 0.232. The number of ether oxygens (including phenoxy) is 1. The van der Waals surface area contributed by atoms with E-state index in [0.29, 0.717) is 4.53 Å². The van der Waals surface area contributed by atoms with Gasteiger partial charge >= 0.3 is 0 Å². The molecule has 0 spiro atoms. The van der Waals surface area contributed by atoms with Crippen LogP contribution in [-0.2, 0) is 6.42 Å². The van der Waals surface area contributed by atoms with Crippen molar-refractivity contribution < 1.29 is 4.74 Å². The lowest BCUT2D eigenvalue weighted by Gasteiger charge is -2.31. The SMILES string of the molecule is COc1ccccc1[C@@H]1C2=C(N=c3s/c(=C\c4c5ccccc5cc5ccccc45)c(=O)n31)c1ccccc1CC2. The first-order valence-electron chi connectivity index (χ1n) is 13.9. The third-order valence-electron chi connectivity index (χ3n) is 8.39. The summed E-state index contributed by atoms with van der Waals surface area (Å²) in [6, 6.07) is 35.3. The summed E-state index contributed by atoms with van der Waals surface area (Å²) < 4.78 is 8.40. The van der Waals surface area contributed by atoms with E-state index in [1.54, 1.807) is 7.11 Å². The van der Waals surface area contributed by atoms with Crippen LogP contribution in [0.1, 0.15) is 34.7 Å². The first kappa shape index (κ1) is 24.1. The van der Waals surface area contributed by atoms with Gasteiger partial charge in [0.05, 0.1) is 23.4 Å². The summed E-state index contributed by atoms with van der Waals surface area (Å²) in [6.45, 7) is 0. The van der Waals surface area contributed by atoms with Gasteiger partial charge in [0.25, 0.3) is 5.56 Å². The van der Waals surface area contributed by atoms with Crippen LogP contribution in [0.4, 0.5) is 0 Å². The van der Waals surface area contributed by atoms with Gasteiger partial charge in [-0.3, -0.25) is 9.36 Å². The molecule has 5 aromatic carbocycles. The molecule has 0 unspecified atom stereocenters. The van der Waals surface area contributed by atoms with E-state index in [9.17, 15) is 4.79 Å². The van der Waals surface area contributed by atoms with Crippen molar-refractivity contribution in [2.75, 3.05) is 7.11 Å². The van der Waals surface area contributed by atoms with E-state index in [1.165, 1.54) is 22.5 Å². The van der Waals surface area contributed by atoms with Crippen molar-refractivity contribution in [2.45, 2.75) is 18.9 Å². The fourth-order valence-corrected chi connectivity index (χ4v) is 7.51. The number of hydrogen-bond acceptors (Lipinski definition) is 4. The van der Waals surface area contributed by atoms with Crippen LogP contribution < -0.4 is 19.6 Å². The molecule has 1 aromatic heterocycles. The van der Waals surface area contributed by atoms with Gasteiger partial charge in [0.15, 0.2) is 4.80 Å². The summed E-state index contributed by atoms with van der Waals surface area (Å²) in [5, 5.41) is 4.58. The minimum Gasteiger partial charge on any atom is -0.496 e. The highest BCUT2D eigenvalue weighted by Gasteiger charge is 2.34. The molecule has 1 aliphatic carbocycles. The minimum atomic E-state index is -0.280. The van der Waals surface area contributed by atoms with Crippen LogP contribution in [0.15, 0.2) is 118 Å². The number of rotatable bonds is 3. The minimum absolute atomic E-state index is 0.0212. The molecule has 0 N–H and O–H groups in total. The molecular formula is C36H26N2O2S. The summed E-state index contributed by atoms with van der Waals surface area (Å²) in [7, 11) is 1.69. The Morgan fingerprint density at radius 1 is 0.854 bits per heavy atom. The molecule has 0 amide bonds. The van der Waals surface area contributed by atoms with Crippen molar-refractivity contribution in [2.24, 2.45) is 4.99 Å². The van der Waals surface area contributed by atoms with Crippen molar-refractivity contribution in [1.29, 1.82) is 0 Å². The molecule has 0 radical (unpaired) electrons.